The number of carbonyl (C=O) groups excluding carboxylic acids is 1. The van der Waals surface area contributed by atoms with Crippen LogP contribution < -0.4 is 25.4 Å². The summed E-state index contributed by atoms with van der Waals surface area (Å²) in [6, 6.07) is 12.3. The molecule has 3 N–H and O–H groups in total. The summed E-state index contributed by atoms with van der Waals surface area (Å²) in [7, 11) is 0. The third-order valence-corrected chi connectivity index (χ3v) is 5.08. The second kappa shape index (κ2) is 7.69. The van der Waals surface area contributed by atoms with Crippen LogP contribution in [0.3, 0.4) is 0 Å². The molecule has 2 aliphatic heterocycles. The standard InChI is InChI=1S/C20H18ClN3O3S/c1-11-17(19(25)23-14-5-3-2-4-13(14)21)18(24-20(28)22-11)12-6-7-15-16(10-12)27-9-8-26-15/h2-7,10,18H,8-9H2,1H3,(H,23,25)(H2,22,24,28)/t18-/m0/s1. The molecule has 0 fully saturated rings. The van der Waals surface area contributed by atoms with Crippen LogP contribution in [0.5, 0.6) is 11.5 Å². The Bertz CT molecular complexity index is 992. The average Bonchev–Trinajstić information content (AvgIpc) is 2.68. The number of para-hydroxylation sites is 1. The number of hydrogen-bond donors (Lipinski definition) is 3. The van der Waals surface area contributed by atoms with Crippen LogP contribution in [0.2, 0.25) is 5.02 Å². The molecular weight excluding hydrogens is 398 g/mol. The van der Waals surface area contributed by atoms with Crippen molar-refractivity contribution in [3.05, 3.63) is 64.3 Å². The van der Waals surface area contributed by atoms with Gasteiger partial charge in [0.1, 0.15) is 13.2 Å². The SMILES string of the molecule is CC1=C(C(=O)Nc2ccccc2Cl)[C@H](c2ccc3c(c2)OCCO3)NC(=S)N1. The number of carbonyl (C=O) groups is 1. The molecule has 0 saturated heterocycles. The molecule has 1 amide bonds. The highest BCUT2D eigenvalue weighted by molar-refractivity contribution is 7.80. The Kier molecular flexibility index (Phi) is 5.11. The molecule has 0 spiro atoms. The van der Waals surface area contributed by atoms with E-state index < -0.39 is 6.04 Å². The molecule has 6 nitrogen and oxygen atoms in total. The predicted octanol–water partition coefficient (Wildman–Crippen LogP) is 3.54. The van der Waals surface area contributed by atoms with E-state index in [1.54, 1.807) is 12.1 Å². The summed E-state index contributed by atoms with van der Waals surface area (Å²) in [6.45, 7) is 2.83. The smallest absolute Gasteiger partial charge is 0.255 e. The van der Waals surface area contributed by atoms with Crippen LogP contribution in [0.25, 0.3) is 0 Å². The van der Waals surface area contributed by atoms with Crippen molar-refractivity contribution in [2.75, 3.05) is 18.5 Å². The summed E-state index contributed by atoms with van der Waals surface area (Å²) in [5, 5.41) is 10.00. The van der Waals surface area contributed by atoms with Gasteiger partial charge in [0.2, 0.25) is 0 Å². The third kappa shape index (κ3) is 3.63. The van der Waals surface area contributed by atoms with Gasteiger partial charge in [-0.2, -0.15) is 0 Å². The van der Waals surface area contributed by atoms with Crippen molar-refractivity contribution in [2.24, 2.45) is 0 Å². The summed E-state index contributed by atoms with van der Waals surface area (Å²) in [5.41, 5.74) is 2.58. The number of allylic oxidation sites excluding steroid dienone is 1. The van der Waals surface area contributed by atoms with Crippen LogP contribution in [0.4, 0.5) is 5.69 Å². The molecule has 4 rings (SSSR count). The first-order valence-electron chi connectivity index (χ1n) is 8.76. The van der Waals surface area contributed by atoms with Crippen molar-refractivity contribution >= 4 is 40.5 Å². The minimum atomic E-state index is -0.438. The maximum absolute atomic E-state index is 13.1. The van der Waals surface area contributed by atoms with Crippen LogP contribution in [0.15, 0.2) is 53.7 Å². The number of rotatable bonds is 3. The first kappa shape index (κ1) is 18.6. The maximum atomic E-state index is 13.1. The Balaban J connectivity index is 1.69. The molecule has 1 atom stereocenters. The van der Waals surface area contributed by atoms with Gasteiger partial charge in [0.05, 0.1) is 22.3 Å². The summed E-state index contributed by atoms with van der Waals surface area (Å²) in [6.07, 6.45) is 0. The molecule has 8 heteroatoms. The zero-order valence-electron chi connectivity index (χ0n) is 15.0. The molecule has 2 heterocycles. The number of hydrogen-bond acceptors (Lipinski definition) is 4. The number of amides is 1. The highest BCUT2D eigenvalue weighted by Crippen LogP contribution is 2.36. The van der Waals surface area contributed by atoms with Gasteiger partial charge >= 0.3 is 0 Å². The summed E-state index contributed by atoms with van der Waals surface area (Å²) in [5.74, 6) is 1.07. The minimum absolute atomic E-state index is 0.270. The number of nitrogens with one attached hydrogen (secondary N) is 3. The molecule has 2 aliphatic rings. The molecule has 0 aliphatic carbocycles. The van der Waals surface area contributed by atoms with Gasteiger partial charge in [-0.05, 0) is 49.0 Å². The van der Waals surface area contributed by atoms with E-state index in [2.05, 4.69) is 16.0 Å². The Labute approximate surface area is 172 Å². The van der Waals surface area contributed by atoms with Crippen LogP contribution in [-0.4, -0.2) is 24.2 Å². The molecule has 0 radical (unpaired) electrons. The van der Waals surface area contributed by atoms with E-state index in [1.165, 1.54) is 0 Å². The van der Waals surface area contributed by atoms with Crippen molar-refractivity contribution in [1.29, 1.82) is 0 Å². The van der Waals surface area contributed by atoms with Gasteiger partial charge in [0, 0.05) is 5.70 Å². The molecule has 0 unspecified atom stereocenters. The van der Waals surface area contributed by atoms with Gasteiger partial charge in [-0.3, -0.25) is 4.79 Å². The van der Waals surface area contributed by atoms with E-state index in [0.717, 1.165) is 5.56 Å². The number of benzene rings is 2. The van der Waals surface area contributed by atoms with E-state index in [4.69, 9.17) is 33.3 Å². The number of halogens is 1. The zero-order chi connectivity index (χ0) is 19.7. The van der Waals surface area contributed by atoms with Gasteiger partial charge in [0.25, 0.3) is 5.91 Å². The summed E-state index contributed by atoms with van der Waals surface area (Å²) >= 11 is 11.5. The first-order valence-corrected chi connectivity index (χ1v) is 9.55. The predicted molar refractivity (Wildman–Crippen MR) is 112 cm³/mol. The Morgan fingerprint density at radius 3 is 2.71 bits per heavy atom. The molecule has 2 aromatic carbocycles. The van der Waals surface area contributed by atoms with Crippen molar-refractivity contribution in [1.82, 2.24) is 10.6 Å². The van der Waals surface area contributed by atoms with E-state index in [0.29, 0.717) is 51.8 Å². The largest absolute Gasteiger partial charge is 0.486 e. The monoisotopic (exact) mass is 415 g/mol. The zero-order valence-corrected chi connectivity index (χ0v) is 16.6. The molecular formula is C20H18ClN3O3S. The normalized spacial score (nSPS) is 18.2. The Morgan fingerprint density at radius 1 is 1.18 bits per heavy atom. The highest BCUT2D eigenvalue weighted by Gasteiger charge is 2.31. The lowest BCUT2D eigenvalue weighted by molar-refractivity contribution is -0.113. The fraction of sp³-hybridized carbons (Fsp3) is 0.200. The average molecular weight is 416 g/mol. The Morgan fingerprint density at radius 2 is 1.93 bits per heavy atom. The number of ether oxygens (including phenoxy) is 2. The Hall–Kier alpha value is -2.77. The van der Waals surface area contributed by atoms with Gasteiger partial charge < -0.3 is 25.4 Å². The third-order valence-electron chi connectivity index (χ3n) is 4.54. The van der Waals surface area contributed by atoms with Crippen LogP contribution >= 0.6 is 23.8 Å². The molecule has 28 heavy (non-hydrogen) atoms. The van der Waals surface area contributed by atoms with Crippen LogP contribution in [0.1, 0.15) is 18.5 Å². The first-order chi connectivity index (χ1) is 13.5. The van der Waals surface area contributed by atoms with Crippen molar-refractivity contribution < 1.29 is 14.3 Å². The van der Waals surface area contributed by atoms with Gasteiger partial charge in [0.15, 0.2) is 16.6 Å². The number of fused-ring (bicyclic) bond motifs is 1. The molecule has 0 bridgehead atoms. The number of anilines is 1. The minimum Gasteiger partial charge on any atom is -0.486 e. The molecule has 0 aromatic heterocycles. The van der Waals surface area contributed by atoms with E-state index >= 15 is 0 Å². The van der Waals surface area contributed by atoms with Crippen LogP contribution in [-0.2, 0) is 4.79 Å². The summed E-state index contributed by atoms with van der Waals surface area (Å²) < 4.78 is 11.3. The number of thiocarbonyl (C=S) groups is 1. The van der Waals surface area contributed by atoms with E-state index in [-0.39, 0.29) is 5.91 Å². The lowest BCUT2D eigenvalue weighted by Crippen LogP contribution is -2.45. The molecule has 144 valence electrons. The van der Waals surface area contributed by atoms with Gasteiger partial charge in [-0.15, -0.1) is 0 Å². The quantitative estimate of drug-likeness (QED) is 0.666. The maximum Gasteiger partial charge on any atom is 0.255 e. The van der Waals surface area contributed by atoms with Gasteiger partial charge in [-0.1, -0.05) is 29.8 Å². The van der Waals surface area contributed by atoms with Crippen molar-refractivity contribution in [3.8, 4) is 11.5 Å². The second-order valence-corrected chi connectivity index (χ2v) is 7.22. The lowest BCUT2D eigenvalue weighted by atomic mass is 9.94. The fourth-order valence-corrected chi connectivity index (χ4v) is 3.69. The van der Waals surface area contributed by atoms with E-state index in [9.17, 15) is 4.79 Å². The van der Waals surface area contributed by atoms with E-state index in [1.807, 2.05) is 37.3 Å². The second-order valence-electron chi connectivity index (χ2n) is 6.41. The lowest BCUT2D eigenvalue weighted by Gasteiger charge is -2.31. The fourth-order valence-electron chi connectivity index (χ4n) is 3.24. The molecule has 0 saturated carbocycles. The van der Waals surface area contributed by atoms with Crippen molar-refractivity contribution in [3.63, 3.8) is 0 Å². The topological polar surface area (TPSA) is 71.6 Å². The van der Waals surface area contributed by atoms with Crippen LogP contribution in [0, 0.1) is 0 Å². The van der Waals surface area contributed by atoms with Gasteiger partial charge in [-0.25, -0.2) is 0 Å². The summed E-state index contributed by atoms with van der Waals surface area (Å²) in [4.78, 5) is 13.1. The molecule has 2 aromatic rings. The highest BCUT2D eigenvalue weighted by atomic mass is 35.5. The van der Waals surface area contributed by atoms with Crippen molar-refractivity contribution in [2.45, 2.75) is 13.0 Å².